The predicted molar refractivity (Wildman–Crippen MR) is 51.2 cm³/mol. The van der Waals surface area contributed by atoms with E-state index in [0.717, 1.165) is 0 Å². The van der Waals surface area contributed by atoms with Crippen LogP contribution in [0.1, 0.15) is 27.7 Å². The molecule has 0 aliphatic rings. The van der Waals surface area contributed by atoms with Crippen molar-refractivity contribution >= 4 is 11.9 Å². The number of methoxy groups -OCH3 is 1. The molecule has 0 aromatic heterocycles. The fraction of sp³-hybridized carbons (Fsp3) is 0.778. The lowest BCUT2D eigenvalue weighted by Gasteiger charge is -2.14. The fourth-order valence-electron chi connectivity index (χ4n) is 0.375. The third-order valence-electron chi connectivity index (χ3n) is 1.20. The molecular formula is C9H19NO3. The zero-order valence-corrected chi connectivity index (χ0v) is 9.22. The average Bonchev–Trinajstić information content (AvgIpc) is 2.02. The molecule has 0 aliphatic heterocycles. The molecule has 0 heterocycles. The first-order chi connectivity index (χ1) is 5.75. The lowest BCUT2D eigenvalue weighted by molar-refractivity contribution is -0.138. The van der Waals surface area contributed by atoms with Crippen molar-refractivity contribution in [2.75, 3.05) is 14.2 Å². The van der Waals surface area contributed by atoms with Gasteiger partial charge in [0.1, 0.15) is 0 Å². The lowest BCUT2D eigenvalue weighted by Crippen LogP contribution is -2.31. The maximum Gasteiger partial charge on any atom is 0.302 e. The molecule has 0 saturated heterocycles. The number of hydrogen-bond acceptors (Lipinski definition) is 3. The Morgan fingerprint density at radius 3 is 1.54 bits per heavy atom. The number of hydrogen-bond donors (Lipinski definition) is 1. The first kappa shape index (κ1) is 14.5. The van der Waals surface area contributed by atoms with Crippen LogP contribution in [0.5, 0.6) is 0 Å². The topological polar surface area (TPSA) is 55.4 Å². The first-order valence-corrected chi connectivity index (χ1v) is 4.02. The molecule has 0 radical (unpaired) electrons. The second kappa shape index (κ2) is 6.46. The van der Waals surface area contributed by atoms with Gasteiger partial charge >= 0.3 is 5.97 Å². The normalized spacial score (nSPS) is 9.38. The third kappa shape index (κ3) is 10.9. The van der Waals surface area contributed by atoms with Gasteiger partial charge in [-0.25, -0.2) is 0 Å². The highest BCUT2D eigenvalue weighted by Gasteiger charge is 2.18. The molecule has 0 spiro atoms. The number of nitrogens with one attached hydrogen (secondary N) is 1. The number of amides is 1. The Morgan fingerprint density at radius 1 is 1.23 bits per heavy atom. The van der Waals surface area contributed by atoms with Crippen molar-refractivity contribution in [1.29, 1.82) is 0 Å². The molecule has 13 heavy (non-hydrogen) atoms. The summed E-state index contributed by atoms with van der Waals surface area (Å²) < 4.78 is 4.11. The predicted octanol–water partition coefficient (Wildman–Crippen LogP) is 0.958. The van der Waals surface area contributed by atoms with E-state index in [2.05, 4.69) is 10.1 Å². The van der Waals surface area contributed by atoms with Gasteiger partial charge in [-0.2, -0.15) is 0 Å². The highest BCUT2D eigenvalue weighted by Crippen LogP contribution is 2.11. The molecule has 0 aromatic carbocycles. The summed E-state index contributed by atoms with van der Waals surface area (Å²) in [6.45, 7) is 7.00. The van der Waals surface area contributed by atoms with Gasteiger partial charge < -0.3 is 10.1 Å². The summed E-state index contributed by atoms with van der Waals surface area (Å²) >= 11 is 0. The smallest absolute Gasteiger partial charge is 0.302 e. The van der Waals surface area contributed by atoms with Gasteiger partial charge in [0.05, 0.1) is 7.11 Å². The highest BCUT2D eigenvalue weighted by atomic mass is 16.5. The average molecular weight is 189 g/mol. The van der Waals surface area contributed by atoms with Gasteiger partial charge in [0, 0.05) is 19.4 Å². The van der Waals surface area contributed by atoms with Crippen molar-refractivity contribution in [3.8, 4) is 0 Å². The van der Waals surface area contributed by atoms with Gasteiger partial charge in [0.15, 0.2) is 0 Å². The highest BCUT2D eigenvalue weighted by molar-refractivity contribution is 5.80. The minimum Gasteiger partial charge on any atom is -0.469 e. The summed E-state index contributed by atoms with van der Waals surface area (Å²) in [6.07, 6.45) is 0. The molecule has 0 bridgehead atoms. The molecule has 0 unspecified atom stereocenters. The van der Waals surface area contributed by atoms with E-state index in [-0.39, 0.29) is 17.3 Å². The molecule has 0 saturated carbocycles. The maximum atomic E-state index is 10.7. The quantitative estimate of drug-likeness (QED) is 0.577. The van der Waals surface area contributed by atoms with E-state index in [1.165, 1.54) is 14.0 Å². The Labute approximate surface area is 79.7 Å². The number of carbonyl (C=O) groups excluding carboxylic acids is 2. The standard InChI is InChI=1S/C6H13NO.C3H6O2/c1-6(2,3)5(8)7-4;1-3(4)5-2/h1-4H3,(H,7,8);1-2H3. The van der Waals surface area contributed by atoms with Gasteiger partial charge in [0.2, 0.25) is 5.91 Å². The molecule has 0 rings (SSSR count). The van der Waals surface area contributed by atoms with Crippen LogP contribution in [-0.4, -0.2) is 26.0 Å². The van der Waals surface area contributed by atoms with Crippen molar-refractivity contribution in [2.24, 2.45) is 5.41 Å². The summed E-state index contributed by atoms with van der Waals surface area (Å²) in [7, 11) is 3.00. The van der Waals surface area contributed by atoms with E-state index in [4.69, 9.17) is 0 Å². The summed E-state index contributed by atoms with van der Waals surface area (Å²) in [5, 5.41) is 2.57. The van der Waals surface area contributed by atoms with E-state index in [0.29, 0.717) is 0 Å². The molecule has 0 fully saturated rings. The van der Waals surface area contributed by atoms with Crippen LogP contribution < -0.4 is 5.32 Å². The molecule has 0 aliphatic carbocycles. The third-order valence-corrected chi connectivity index (χ3v) is 1.20. The van der Waals surface area contributed by atoms with Gasteiger partial charge in [-0.1, -0.05) is 20.8 Å². The van der Waals surface area contributed by atoms with Crippen LogP contribution in [0, 0.1) is 5.41 Å². The summed E-state index contributed by atoms with van der Waals surface area (Å²) in [5.41, 5.74) is -0.241. The van der Waals surface area contributed by atoms with Crippen LogP contribution in [0.4, 0.5) is 0 Å². The fourth-order valence-corrected chi connectivity index (χ4v) is 0.375. The lowest BCUT2D eigenvalue weighted by atomic mass is 9.96. The van der Waals surface area contributed by atoms with E-state index in [1.54, 1.807) is 7.05 Å². The number of ether oxygens (including phenoxy) is 1. The van der Waals surface area contributed by atoms with Crippen molar-refractivity contribution in [2.45, 2.75) is 27.7 Å². The van der Waals surface area contributed by atoms with Gasteiger partial charge in [-0.15, -0.1) is 0 Å². The van der Waals surface area contributed by atoms with E-state index in [9.17, 15) is 9.59 Å². The van der Waals surface area contributed by atoms with Crippen LogP contribution in [0.2, 0.25) is 0 Å². The molecule has 0 atom stereocenters. The van der Waals surface area contributed by atoms with Crippen molar-refractivity contribution in [3.05, 3.63) is 0 Å². The largest absolute Gasteiger partial charge is 0.469 e. The molecule has 4 heteroatoms. The zero-order valence-electron chi connectivity index (χ0n) is 9.22. The Morgan fingerprint density at radius 2 is 1.54 bits per heavy atom. The molecule has 0 aromatic rings. The van der Waals surface area contributed by atoms with Crippen molar-refractivity contribution in [3.63, 3.8) is 0 Å². The van der Waals surface area contributed by atoms with E-state index >= 15 is 0 Å². The van der Waals surface area contributed by atoms with Gasteiger partial charge in [0.25, 0.3) is 0 Å². The summed E-state index contributed by atoms with van der Waals surface area (Å²) in [5.74, 6) is -0.164. The number of esters is 1. The Kier molecular flexibility index (Phi) is 7.18. The number of rotatable bonds is 0. The van der Waals surface area contributed by atoms with Crippen molar-refractivity contribution < 1.29 is 14.3 Å². The van der Waals surface area contributed by atoms with E-state index < -0.39 is 0 Å². The van der Waals surface area contributed by atoms with E-state index in [1.807, 2.05) is 20.8 Å². The molecular weight excluding hydrogens is 170 g/mol. The van der Waals surface area contributed by atoms with Crippen molar-refractivity contribution in [1.82, 2.24) is 5.32 Å². The Hall–Kier alpha value is -1.06. The Bertz CT molecular complexity index is 170. The zero-order chi connectivity index (χ0) is 11.1. The van der Waals surface area contributed by atoms with Crippen LogP contribution >= 0.6 is 0 Å². The van der Waals surface area contributed by atoms with Crippen LogP contribution in [-0.2, 0) is 14.3 Å². The van der Waals surface area contributed by atoms with Gasteiger partial charge in [-0.05, 0) is 0 Å². The molecule has 1 N–H and O–H groups in total. The van der Waals surface area contributed by atoms with Crippen LogP contribution in [0.3, 0.4) is 0 Å². The first-order valence-electron chi connectivity index (χ1n) is 4.02. The maximum absolute atomic E-state index is 10.7. The second-order valence-corrected chi connectivity index (χ2v) is 3.52. The number of carbonyl (C=O) groups is 2. The van der Waals surface area contributed by atoms with Crippen LogP contribution in [0.25, 0.3) is 0 Å². The van der Waals surface area contributed by atoms with Crippen LogP contribution in [0.15, 0.2) is 0 Å². The SMILES string of the molecule is CNC(=O)C(C)(C)C.COC(C)=O. The Balaban J connectivity index is 0. The summed E-state index contributed by atoms with van der Waals surface area (Å²) in [6, 6.07) is 0. The molecule has 4 nitrogen and oxygen atoms in total. The molecule has 78 valence electrons. The minimum atomic E-state index is -0.245. The minimum absolute atomic E-state index is 0.0810. The second-order valence-electron chi connectivity index (χ2n) is 3.52. The molecule has 1 amide bonds. The monoisotopic (exact) mass is 189 g/mol. The van der Waals surface area contributed by atoms with Gasteiger partial charge in [-0.3, -0.25) is 9.59 Å². The summed E-state index contributed by atoms with van der Waals surface area (Å²) in [4.78, 5) is 20.3.